The van der Waals surface area contributed by atoms with E-state index in [1.54, 1.807) is 0 Å². The molecule has 1 aliphatic heterocycles. The van der Waals surface area contributed by atoms with Gasteiger partial charge in [0, 0.05) is 38.7 Å². The molecule has 0 spiro atoms. The monoisotopic (exact) mass is 394 g/mol. The fourth-order valence-electron chi connectivity index (χ4n) is 4.32. The van der Waals surface area contributed by atoms with Gasteiger partial charge in [0.05, 0.1) is 0 Å². The van der Waals surface area contributed by atoms with Crippen LogP contribution in [-0.4, -0.2) is 47.0 Å². The van der Waals surface area contributed by atoms with Crippen LogP contribution in [0.15, 0.2) is 36.4 Å². The molecular weight excluding hydrogens is 364 g/mol. The van der Waals surface area contributed by atoms with Crippen LogP contribution in [0.2, 0.25) is 0 Å². The van der Waals surface area contributed by atoms with Gasteiger partial charge in [0.2, 0.25) is 11.8 Å². The average molecular weight is 395 g/mol. The first-order valence-corrected chi connectivity index (χ1v) is 10.8. The zero-order valence-corrected chi connectivity index (χ0v) is 17.2. The number of amides is 1. The van der Waals surface area contributed by atoms with E-state index in [9.17, 15) is 4.79 Å². The van der Waals surface area contributed by atoms with Crippen molar-refractivity contribution in [3.63, 3.8) is 0 Å². The van der Waals surface area contributed by atoms with E-state index in [0.717, 1.165) is 50.1 Å². The number of anilines is 1. The van der Waals surface area contributed by atoms with Crippen molar-refractivity contribution >= 4 is 11.7 Å². The maximum atomic E-state index is 12.6. The van der Waals surface area contributed by atoms with E-state index >= 15 is 0 Å². The Labute approximate surface area is 172 Å². The molecule has 2 fully saturated rings. The van der Waals surface area contributed by atoms with E-state index in [1.165, 1.54) is 25.7 Å². The first-order chi connectivity index (χ1) is 14.2. The lowest BCUT2D eigenvalue weighted by Crippen LogP contribution is -2.49. The van der Waals surface area contributed by atoms with E-state index in [-0.39, 0.29) is 0 Å². The van der Waals surface area contributed by atoms with Gasteiger partial charge < -0.3 is 14.5 Å². The molecule has 4 rings (SSSR count). The molecule has 0 N–H and O–H groups in total. The smallest absolute Gasteiger partial charge is 0.224 e. The van der Waals surface area contributed by atoms with Gasteiger partial charge >= 0.3 is 0 Å². The molecule has 1 aromatic carbocycles. The molecule has 1 aliphatic carbocycles. The van der Waals surface area contributed by atoms with Crippen LogP contribution in [-0.2, 0) is 4.79 Å². The molecule has 1 saturated carbocycles. The van der Waals surface area contributed by atoms with Crippen LogP contribution in [0.4, 0.5) is 5.82 Å². The second-order valence-electron chi connectivity index (χ2n) is 8.08. The molecule has 6 nitrogen and oxygen atoms in total. The van der Waals surface area contributed by atoms with E-state index in [2.05, 4.69) is 14.9 Å². The number of piperazine rings is 1. The lowest BCUT2D eigenvalue weighted by molar-refractivity contribution is -0.131. The Morgan fingerprint density at radius 3 is 2.52 bits per heavy atom. The molecule has 0 atom stereocenters. The molecule has 1 amide bonds. The van der Waals surface area contributed by atoms with Crippen LogP contribution in [0.5, 0.6) is 11.6 Å². The summed E-state index contributed by atoms with van der Waals surface area (Å²) < 4.78 is 5.89. The highest BCUT2D eigenvalue weighted by Gasteiger charge is 2.24. The Balaban J connectivity index is 1.32. The van der Waals surface area contributed by atoms with Crippen molar-refractivity contribution in [1.82, 2.24) is 14.9 Å². The van der Waals surface area contributed by atoms with E-state index < -0.39 is 0 Å². The standard InChI is InChI=1S/C23H30N4O2/c1-18-24-21(17-22(25-18)29-20-9-3-2-4-10-20)26-13-15-27(16-14-26)23(28)12-11-19-7-5-6-8-19/h2-4,9-10,17,19H,5-8,11-16H2,1H3. The first-order valence-electron chi connectivity index (χ1n) is 10.8. The van der Waals surface area contributed by atoms with Crippen LogP contribution in [0.3, 0.4) is 0 Å². The molecule has 6 heteroatoms. The third kappa shape index (κ3) is 5.25. The van der Waals surface area contributed by atoms with Gasteiger partial charge in [-0.3, -0.25) is 4.79 Å². The Morgan fingerprint density at radius 2 is 1.79 bits per heavy atom. The lowest BCUT2D eigenvalue weighted by atomic mass is 10.0. The second kappa shape index (κ2) is 9.25. The molecule has 1 aromatic heterocycles. The molecule has 2 heterocycles. The Morgan fingerprint density at radius 1 is 1.07 bits per heavy atom. The molecule has 2 aliphatic rings. The topological polar surface area (TPSA) is 58.6 Å². The van der Waals surface area contributed by atoms with Crippen LogP contribution >= 0.6 is 0 Å². The van der Waals surface area contributed by atoms with Crippen molar-refractivity contribution < 1.29 is 9.53 Å². The summed E-state index contributed by atoms with van der Waals surface area (Å²) in [4.78, 5) is 25.8. The molecule has 1 saturated heterocycles. The minimum Gasteiger partial charge on any atom is -0.439 e. The van der Waals surface area contributed by atoms with Crippen molar-refractivity contribution in [3.05, 3.63) is 42.2 Å². The molecule has 0 radical (unpaired) electrons. The van der Waals surface area contributed by atoms with Gasteiger partial charge in [-0.2, -0.15) is 4.98 Å². The van der Waals surface area contributed by atoms with Crippen molar-refractivity contribution in [2.75, 3.05) is 31.1 Å². The van der Waals surface area contributed by atoms with Crippen LogP contribution in [0.25, 0.3) is 0 Å². The quantitative estimate of drug-likeness (QED) is 0.735. The van der Waals surface area contributed by atoms with Gasteiger partial charge in [0.15, 0.2) is 0 Å². The summed E-state index contributed by atoms with van der Waals surface area (Å²) in [7, 11) is 0. The summed E-state index contributed by atoms with van der Waals surface area (Å²) in [5.41, 5.74) is 0. The number of carbonyl (C=O) groups is 1. The number of ether oxygens (including phenoxy) is 1. The summed E-state index contributed by atoms with van der Waals surface area (Å²) in [5.74, 6) is 3.93. The van der Waals surface area contributed by atoms with E-state index in [4.69, 9.17) is 4.74 Å². The van der Waals surface area contributed by atoms with Crippen molar-refractivity contribution in [2.45, 2.75) is 45.4 Å². The molecule has 29 heavy (non-hydrogen) atoms. The Bertz CT molecular complexity index is 813. The third-order valence-corrected chi connectivity index (χ3v) is 5.96. The van der Waals surface area contributed by atoms with Crippen LogP contribution < -0.4 is 9.64 Å². The SMILES string of the molecule is Cc1nc(Oc2ccccc2)cc(N2CCN(C(=O)CCC3CCCC3)CC2)n1. The van der Waals surface area contributed by atoms with Crippen molar-refractivity contribution in [2.24, 2.45) is 5.92 Å². The van der Waals surface area contributed by atoms with Crippen molar-refractivity contribution in [3.8, 4) is 11.6 Å². The predicted octanol–water partition coefficient (Wildman–Crippen LogP) is 4.20. The Kier molecular flexibility index (Phi) is 6.27. The summed E-state index contributed by atoms with van der Waals surface area (Å²) in [5, 5.41) is 0. The van der Waals surface area contributed by atoms with Crippen molar-refractivity contribution in [1.29, 1.82) is 0 Å². The van der Waals surface area contributed by atoms with Gasteiger partial charge in [-0.05, 0) is 31.4 Å². The minimum atomic E-state index is 0.309. The number of hydrogen-bond acceptors (Lipinski definition) is 5. The predicted molar refractivity (Wildman–Crippen MR) is 113 cm³/mol. The highest BCUT2D eigenvalue weighted by Crippen LogP contribution is 2.29. The number of benzene rings is 1. The minimum absolute atomic E-state index is 0.309. The second-order valence-corrected chi connectivity index (χ2v) is 8.08. The number of nitrogens with zero attached hydrogens (tertiary/aromatic N) is 4. The fourth-order valence-corrected chi connectivity index (χ4v) is 4.32. The molecular formula is C23H30N4O2. The number of aryl methyl sites for hydroxylation is 1. The van der Waals surface area contributed by atoms with Crippen LogP contribution in [0.1, 0.15) is 44.3 Å². The molecule has 0 bridgehead atoms. The van der Waals surface area contributed by atoms with Gasteiger partial charge in [-0.15, -0.1) is 0 Å². The summed E-state index contributed by atoms with van der Waals surface area (Å²) in [6.07, 6.45) is 7.05. The first kappa shape index (κ1) is 19.7. The molecule has 154 valence electrons. The van der Waals surface area contributed by atoms with Gasteiger partial charge in [-0.1, -0.05) is 43.9 Å². The Hall–Kier alpha value is -2.63. The average Bonchev–Trinajstić information content (AvgIpc) is 3.26. The van der Waals surface area contributed by atoms with E-state index in [0.29, 0.717) is 24.0 Å². The molecule has 0 unspecified atom stereocenters. The summed E-state index contributed by atoms with van der Waals surface area (Å²) in [6, 6.07) is 11.5. The number of carbonyl (C=O) groups excluding carboxylic acids is 1. The third-order valence-electron chi connectivity index (χ3n) is 5.96. The number of aromatic nitrogens is 2. The number of hydrogen-bond donors (Lipinski definition) is 0. The van der Waals surface area contributed by atoms with E-state index in [1.807, 2.05) is 48.2 Å². The number of para-hydroxylation sites is 1. The highest BCUT2D eigenvalue weighted by molar-refractivity contribution is 5.76. The number of rotatable bonds is 6. The fraction of sp³-hybridized carbons (Fsp3) is 0.522. The zero-order chi connectivity index (χ0) is 20.1. The highest BCUT2D eigenvalue weighted by atomic mass is 16.5. The maximum absolute atomic E-state index is 12.6. The normalized spacial score (nSPS) is 17.6. The van der Waals surface area contributed by atoms with Gasteiger partial charge in [0.25, 0.3) is 0 Å². The maximum Gasteiger partial charge on any atom is 0.224 e. The lowest BCUT2D eigenvalue weighted by Gasteiger charge is -2.35. The van der Waals surface area contributed by atoms with Gasteiger partial charge in [0.1, 0.15) is 17.4 Å². The summed E-state index contributed by atoms with van der Waals surface area (Å²) in [6.45, 7) is 4.96. The largest absolute Gasteiger partial charge is 0.439 e. The zero-order valence-electron chi connectivity index (χ0n) is 17.2. The molecule has 2 aromatic rings. The van der Waals surface area contributed by atoms with Gasteiger partial charge in [-0.25, -0.2) is 4.98 Å². The summed E-state index contributed by atoms with van der Waals surface area (Å²) >= 11 is 0. The van der Waals surface area contributed by atoms with Crippen LogP contribution in [0, 0.1) is 12.8 Å².